The molecule has 0 radical (unpaired) electrons. The second-order valence-electron chi connectivity index (χ2n) is 6.09. The van der Waals surface area contributed by atoms with Crippen LogP contribution in [0.15, 0.2) is 0 Å². The summed E-state index contributed by atoms with van der Waals surface area (Å²) in [6, 6.07) is 0. The molecule has 0 aliphatic carbocycles. The summed E-state index contributed by atoms with van der Waals surface area (Å²) in [5.74, 6) is 6.56. The van der Waals surface area contributed by atoms with Crippen molar-refractivity contribution in [2.45, 2.75) is 65.1 Å². The Morgan fingerprint density at radius 2 is 1.76 bits per heavy atom. The van der Waals surface area contributed by atoms with Crippen LogP contribution in [0.1, 0.15) is 53.4 Å². The Labute approximate surface area is 107 Å². The smallest absolute Gasteiger partial charge is 0.139 e. The Morgan fingerprint density at radius 1 is 1.12 bits per heavy atom. The molecular formula is C15H28NO+. The Hall–Kier alpha value is -0.520. The van der Waals surface area contributed by atoms with Crippen molar-refractivity contribution < 1.29 is 9.64 Å². The SMILES string of the molecule is C[C@H](CC#CC[NH+]1CCCCC1)OC(C)(C)C. The molecule has 0 amide bonds. The number of quaternary nitrogens is 1. The van der Waals surface area contributed by atoms with Crippen molar-refractivity contribution in [3.8, 4) is 11.8 Å². The molecule has 1 aliphatic heterocycles. The van der Waals surface area contributed by atoms with Gasteiger partial charge in [-0.25, -0.2) is 0 Å². The van der Waals surface area contributed by atoms with Gasteiger partial charge in [0, 0.05) is 6.42 Å². The van der Waals surface area contributed by atoms with Gasteiger partial charge >= 0.3 is 0 Å². The van der Waals surface area contributed by atoms with Crippen LogP contribution in [0.2, 0.25) is 0 Å². The quantitative estimate of drug-likeness (QED) is 0.738. The zero-order chi connectivity index (χ0) is 12.7. The van der Waals surface area contributed by atoms with Gasteiger partial charge in [0.15, 0.2) is 0 Å². The summed E-state index contributed by atoms with van der Waals surface area (Å²) in [6.45, 7) is 12.0. The summed E-state index contributed by atoms with van der Waals surface area (Å²) in [6.07, 6.45) is 5.25. The van der Waals surface area contributed by atoms with Crippen LogP contribution in [0.4, 0.5) is 0 Å². The van der Waals surface area contributed by atoms with Crippen LogP contribution in [-0.4, -0.2) is 31.3 Å². The van der Waals surface area contributed by atoms with E-state index in [1.165, 1.54) is 32.4 Å². The minimum absolute atomic E-state index is 0.0563. The number of nitrogens with one attached hydrogen (secondary N) is 1. The average molecular weight is 238 g/mol. The minimum Gasteiger partial charge on any atom is -0.372 e. The average Bonchev–Trinajstić information content (AvgIpc) is 2.23. The summed E-state index contributed by atoms with van der Waals surface area (Å²) in [5, 5.41) is 0. The van der Waals surface area contributed by atoms with Gasteiger partial charge in [-0.3, -0.25) is 0 Å². The molecule has 1 aliphatic rings. The fourth-order valence-electron chi connectivity index (χ4n) is 2.28. The van der Waals surface area contributed by atoms with Crippen molar-refractivity contribution in [2.24, 2.45) is 0 Å². The topological polar surface area (TPSA) is 13.7 Å². The van der Waals surface area contributed by atoms with Crippen LogP contribution < -0.4 is 4.90 Å². The van der Waals surface area contributed by atoms with Gasteiger partial charge < -0.3 is 9.64 Å². The van der Waals surface area contributed by atoms with E-state index in [1.54, 1.807) is 4.90 Å². The number of hydrogen-bond acceptors (Lipinski definition) is 1. The third-order valence-electron chi connectivity index (χ3n) is 2.97. The largest absolute Gasteiger partial charge is 0.372 e. The maximum atomic E-state index is 5.82. The van der Waals surface area contributed by atoms with Crippen molar-refractivity contribution in [1.82, 2.24) is 0 Å². The molecule has 1 fully saturated rings. The van der Waals surface area contributed by atoms with Crippen molar-refractivity contribution >= 4 is 0 Å². The fraction of sp³-hybridized carbons (Fsp3) is 0.867. The van der Waals surface area contributed by atoms with Gasteiger partial charge in [0.1, 0.15) is 6.54 Å². The predicted octanol–water partition coefficient (Wildman–Crippen LogP) is 1.65. The van der Waals surface area contributed by atoms with Crippen LogP contribution in [0.25, 0.3) is 0 Å². The molecule has 2 nitrogen and oxygen atoms in total. The molecule has 1 rings (SSSR count). The van der Waals surface area contributed by atoms with Gasteiger partial charge in [0.2, 0.25) is 0 Å². The lowest BCUT2D eigenvalue weighted by molar-refractivity contribution is -0.897. The second-order valence-corrected chi connectivity index (χ2v) is 6.09. The van der Waals surface area contributed by atoms with E-state index in [9.17, 15) is 0 Å². The molecule has 2 heteroatoms. The third-order valence-corrected chi connectivity index (χ3v) is 2.97. The first-order valence-electron chi connectivity index (χ1n) is 6.94. The molecule has 1 atom stereocenters. The molecular weight excluding hydrogens is 210 g/mol. The molecule has 0 aromatic heterocycles. The van der Waals surface area contributed by atoms with Crippen LogP contribution >= 0.6 is 0 Å². The molecule has 1 N–H and O–H groups in total. The first kappa shape index (κ1) is 14.5. The molecule has 0 saturated carbocycles. The lowest BCUT2D eigenvalue weighted by Gasteiger charge is -2.23. The molecule has 0 unspecified atom stereocenters. The zero-order valence-electron chi connectivity index (χ0n) is 11.9. The van der Waals surface area contributed by atoms with Crippen LogP contribution in [0.3, 0.4) is 0 Å². The van der Waals surface area contributed by atoms with E-state index < -0.39 is 0 Å². The Morgan fingerprint density at radius 3 is 2.35 bits per heavy atom. The summed E-state index contributed by atoms with van der Waals surface area (Å²) < 4.78 is 5.82. The lowest BCUT2D eigenvalue weighted by Crippen LogP contribution is -3.12. The standard InChI is InChI=1S/C15H27NO/c1-14(17-15(2,3)4)10-6-9-13-16-11-7-5-8-12-16/h14H,5,7-8,10-13H2,1-4H3/p+1/t14-/m1/s1. The van der Waals surface area contributed by atoms with Gasteiger partial charge in [0.05, 0.1) is 24.8 Å². The summed E-state index contributed by atoms with van der Waals surface area (Å²) in [7, 11) is 0. The third kappa shape index (κ3) is 7.41. The summed E-state index contributed by atoms with van der Waals surface area (Å²) in [4.78, 5) is 1.66. The van der Waals surface area contributed by atoms with Crippen molar-refractivity contribution in [1.29, 1.82) is 0 Å². The highest BCUT2D eigenvalue weighted by Crippen LogP contribution is 2.11. The van der Waals surface area contributed by atoms with Crippen LogP contribution in [0, 0.1) is 11.8 Å². The Kier molecular flexibility index (Phi) is 6.02. The highest BCUT2D eigenvalue weighted by molar-refractivity contribution is 5.00. The maximum absolute atomic E-state index is 5.82. The molecule has 0 aromatic rings. The van der Waals surface area contributed by atoms with Gasteiger partial charge in [-0.05, 0) is 52.9 Å². The van der Waals surface area contributed by atoms with Crippen LogP contribution in [-0.2, 0) is 4.74 Å². The van der Waals surface area contributed by atoms with Crippen molar-refractivity contribution in [3.05, 3.63) is 0 Å². The Balaban J connectivity index is 2.16. The zero-order valence-corrected chi connectivity index (χ0v) is 11.9. The highest BCUT2D eigenvalue weighted by atomic mass is 16.5. The predicted molar refractivity (Wildman–Crippen MR) is 72.1 cm³/mol. The van der Waals surface area contributed by atoms with Gasteiger partial charge in [-0.2, -0.15) is 0 Å². The van der Waals surface area contributed by atoms with Crippen molar-refractivity contribution in [3.63, 3.8) is 0 Å². The molecule has 98 valence electrons. The first-order chi connectivity index (χ1) is 7.97. The molecule has 0 bridgehead atoms. The van der Waals surface area contributed by atoms with Crippen molar-refractivity contribution in [2.75, 3.05) is 19.6 Å². The van der Waals surface area contributed by atoms with E-state index in [0.717, 1.165) is 13.0 Å². The van der Waals surface area contributed by atoms with Gasteiger partial charge in [-0.1, -0.05) is 5.92 Å². The molecule has 17 heavy (non-hydrogen) atoms. The van der Waals surface area contributed by atoms with Gasteiger partial charge in [-0.15, -0.1) is 0 Å². The van der Waals surface area contributed by atoms with E-state index in [2.05, 4.69) is 39.5 Å². The number of likely N-dealkylation sites (tertiary alicyclic amines) is 1. The lowest BCUT2D eigenvalue weighted by atomic mass is 10.1. The van der Waals surface area contributed by atoms with E-state index in [-0.39, 0.29) is 11.7 Å². The molecule has 0 spiro atoms. The maximum Gasteiger partial charge on any atom is 0.139 e. The van der Waals surface area contributed by atoms with E-state index in [4.69, 9.17) is 4.74 Å². The fourth-order valence-corrected chi connectivity index (χ4v) is 2.28. The highest BCUT2D eigenvalue weighted by Gasteiger charge is 2.14. The first-order valence-corrected chi connectivity index (χ1v) is 6.94. The van der Waals surface area contributed by atoms with E-state index in [1.807, 2.05) is 0 Å². The minimum atomic E-state index is -0.0563. The second kappa shape index (κ2) is 7.03. The number of rotatable bonds is 3. The van der Waals surface area contributed by atoms with Gasteiger partial charge in [0.25, 0.3) is 0 Å². The number of ether oxygens (including phenoxy) is 1. The summed E-state index contributed by atoms with van der Waals surface area (Å²) >= 11 is 0. The molecule has 1 saturated heterocycles. The number of hydrogen-bond donors (Lipinski definition) is 1. The summed E-state index contributed by atoms with van der Waals surface area (Å²) in [5.41, 5.74) is -0.0563. The Bertz CT molecular complexity index is 263. The van der Waals surface area contributed by atoms with E-state index >= 15 is 0 Å². The monoisotopic (exact) mass is 238 g/mol. The van der Waals surface area contributed by atoms with Crippen LogP contribution in [0.5, 0.6) is 0 Å². The molecule has 1 heterocycles. The molecule has 0 aromatic carbocycles. The normalized spacial score (nSPS) is 19.5. The van der Waals surface area contributed by atoms with E-state index in [0.29, 0.717) is 0 Å². The number of piperidine rings is 1.